The SMILES string of the molecule is CC(C)(Cc1ccccc1)NC(=O)[C@H](N)CC(=O)O. The molecule has 0 bridgehead atoms. The molecule has 0 aliphatic rings. The lowest BCUT2D eigenvalue weighted by molar-refractivity contribution is -0.139. The Morgan fingerprint density at radius 2 is 1.89 bits per heavy atom. The van der Waals surface area contributed by atoms with Crippen LogP contribution in [0.15, 0.2) is 30.3 Å². The normalized spacial score (nSPS) is 12.8. The highest BCUT2D eigenvalue weighted by atomic mass is 16.4. The molecule has 104 valence electrons. The van der Waals surface area contributed by atoms with E-state index in [1.165, 1.54) is 0 Å². The number of rotatable bonds is 6. The van der Waals surface area contributed by atoms with Gasteiger partial charge in [-0.3, -0.25) is 9.59 Å². The van der Waals surface area contributed by atoms with Crippen LogP contribution in [0.1, 0.15) is 25.8 Å². The van der Waals surface area contributed by atoms with Crippen molar-refractivity contribution < 1.29 is 14.7 Å². The van der Waals surface area contributed by atoms with Crippen LogP contribution in [0.4, 0.5) is 0 Å². The number of carbonyl (C=O) groups excluding carboxylic acids is 1. The number of hydrogen-bond donors (Lipinski definition) is 3. The van der Waals surface area contributed by atoms with Gasteiger partial charge in [-0.25, -0.2) is 0 Å². The van der Waals surface area contributed by atoms with Crippen molar-refractivity contribution in [3.63, 3.8) is 0 Å². The maximum atomic E-state index is 11.8. The zero-order chi connectivity index (χ0) is 14.5. The number of carboxylic acid groups (broad SMARTS) is 1. The molecule has 5 heteroatoms. The Morgan fingerprint density at radius 3 is 2.42 bits per heavy atom. The van der Waals surface area contributed by atoms with Gasteiger partial charge in [0.25, 0.3) is 0 Å². The lowest BCUT2D eigenvalue weighted by Crippen LogP contribution is -2.52. The number of amides is 1. The fourth-order valence-electron chi connectivity index (χ4n) is 1.86. The molecule has 0 fully saturated rings. The summed E-state index contributed by atoms with van der Waals surface area (Å²) in [6, 6.07) is 8.73. The Hall–Kier alpha value is -1.88. The maximum Gasteiger partial charge on any atom is 0.305 e. The largest absolute Gasteiger partial charge is 0.481 e. The summed E-state index contributed by atoms with van der Waals surface area (Å²) in [5, 5.41) is 11.4. The summed E-state index contributed by atoms with van der Waals surface area (Å²) >= 11 is 0. The average Bonchev–Trinajstić information content (AvgIpc) is 2.27. The Balaban J connectivity index is 2.59. The number of benzene rings is 1. The van der Waals surface area contributed by atoms with Crippen LogP contribution in [-0.2, 0) is 16.0 Å². The second kappa shape index (κ2) is 6.33. The second-order valence-corrected chi connectivity index (χ2v) is 5.24. The van der Waals surface area contributed by atoms with Gasteiger partial charge in [-0.2, -0.15) is 0 Å². The van der Waals surface area contributed by atoms with Gasteiger partial charge >= 0.3 is 5.97 Å². The molecule has 1 aromatic rings. The summed E-state index contributed by atoms with van der Waals surface area (Å²) in [6.07, 6.45) is 0.284. The molecule has 0 unspecified atom stereocenters. The molecule has 0 heterocycles. The van der Waals surface area contributed by atoms with Crippen LogP contribution >= 0.6 is 0 Å². The van der Waals surface area contributed by atoms with E-state index in [9.17, 15) is 9.59 Å². The minimum atomic E-state index is -1.08. The Morgan fingerprint density at radius 1 is 1.32 bits per heavy atom. The average molecular weight is 264 g/mol. The smallest absolute Gasteiger partial charge is 0.305 e. The maximum absolute atomic E-state index is 11.8. The van der Waals surface area contributed by atoms with E-state index in [1.807, 2.05) is 44.2 Å². The Labute approximate surface area is 112 Å². The number of carbonyl (C=O) groups is 2. The van der Waals surface area contributed by atoms with Crippen LogP contribution in [0.3, 0.4) is 0 Å². The molecule has 0 saturated heterocycles. The number of hydrogen-bond acceptors (Lipinski definition) is 3. The molecule has 1 amide bonds. The highest BCUT2D eigenvalue weighted by molar-refractivity contribution is 5.86. The highest BCUT2D eigenvalue weighted by Crippen LogP contribution is 2.12. The third kappa shape index (κ3) is 5.52. The lowest BCUT2D eigenvalue weighted by Gasteiger charge is -2.27. The predicted octanol–water partition coefficient (Wildman–Crippen LogP) is 0.926. The molecule has 4 N–H and O–H groups in total. The fourth-order valence-corrected chi connectivity index (χ4v) is 1.86. The van der Waals surface area contributed by atoms with Gasteiger partial charge in [-0.15, -0.1) is 0 Å². The molecular weight excluding hydrogens is 244 g/mol. The molecule has 0 aliphatic carbocycles. The molecule has 1 atom stereocenters. The predicted molar refractivity (Wildman–Crippen MR) is 72.6 cm³/mol. The first-order valence-corrected chi connectivity index (χ1v) is 6.13. The topological polar surface area (TPSA) is 92.4 Å². The van der Waals surface area contributed by atoms with Crippen molar-refractivity contribution in [2.24, 2.45) is 5.73 Å². The zero-order valence-electron chi connectivity index (χ0n) is 11.2. The first-order chi connectivity index (χ1) is 8.80. The minimum Gasteiger partial charge on any atom is -0.481 e. The van der Waals surface area contributed by atoms with Crippen LogP contribution in [0.25, 0.3) is 0 Å². The first kappa shape index (κ1) is 15.2. The summed E-state index contributed by atoms with van der Waals surface area (Å²) < 4.78 is 0. The third-order valence-electron chi connectivity index (χ3n) is 2.68. The van der Waals surface area contributed by atoms with Crippen molar-refractivity contribution in [1.29, 1.82) is 0 Å². The van der Waals surface area contributed by atoms with Gasteiger partial charge in [0.2, 0.25) is 5.91 Å². The summed E-state index contributed by atoms with van der Waals surface area (Å²) in [5.41, 5.74) is 6.15. The molecule has 0 aromatic heterocycles. The van der Waals surface area contributed by atoms with Crippen molar-refractivity contribution in [1.82, 2.24) is 5.32 Å². The molecule has 19 heavy (non-hydrogen) atoms. The number of carboxylic acids is 1. The van der Waals surface area contributed by atoms with Crippen molar-refractivity contribution in [2.75, 3.05) is 0 Å². The van der Waals surface area contributed by atoms with Crippen LogP contribution in [0, 0.1) is 0 Å². The minimum absolute atomic E-state index is 0.368. The van der Waals surface area contributed by atoms with E-state index in [1.54, 1.807) is 0 Å². The third-order valence-corrected chi connectivity index (χ3v) is 2.68. The summed E-state index contributed by atoms with van der Waals surface area (Å²) in [4.78, 5) is 22.3. The van der Waals surface area contributed by atoms with E-state index in [0.717, 1.165) is 5.56 Å². The molecule has 5 nitrogen and oxygen atoms in total. The van der Waals surface area contributed by atoms with Gasteiger partial charge in [-0.1, -0.05) is 30.3 Å². The van der Waals surface area contributed by atoms with Crippen LogP contribution < -0.4 is 11.1 Å². The number of aliphatic carboxylic acids is 1. The van der Waals surface area contributed by atoms with Crippen LogP contribution in [0.2, 0.25) is 0 Å². The first-order valence-electron chi connectivity index (χ1n) is 6.13. The standard InChI is InChI=1S/C14H20N2O3/c1-14(2,9-10-6-4-3-5-7-10)16-13(19)11(15)8-12(17)18/h3-7,11H,8-9,15H2,1-2H3,(H,16,19)(H,17,18)/t11-/m1/s1. The lowest BCUT2D eigenvalue weighted by atomic mass is 9.94. The highest BCUT2D eigenvalue weighted by Gasteiger charge is 2.25. The van der Waals surface area contributed by atoms with E-state index in [2.05, 4.69) is 5.32 Å². The van der Waals surface area contributed by atoms with E-state index in [-0.39, 0.29) is 6.42 Å². The van der Waals surface area contributed by atoms with Gasteiger partial charge in [-0.05, 0) is 25.8 Å². The van der Waals surface area contributed by atoms with Crippen LogP contribution in [-0.4, -0.2) is 28.6 Å². The van der Waals surface area contributed by atoms with Gasteiger partial charge in [0.05, 0.1) is 12.5 Å². The quantitative estimate of drug-likeness (QED) is 0.712. The van der Waals surface area contributed by atoms with Gasteiger partial charge in [0, 0.05) is 5.54 Å². The van der Waals surface area contributed by atoms with Crippen molar-refractivity contribution >= 4 is 11.9 Å². The summed E-state index contributed by atoms with van der Waals surface area (Å²) in [6.45, 7) is 3.76. The monoisotopic (exact) mass is 264 g/mol. The van der Waals surface area contributed by atoms with Crippen LogP contribution in [0.5, 0.6) is 0 Å². The van der Waals surface area contributed by atoms with Crippen molar-refractivity contribution in [3.05, 3.63) is 35.9 Å². The van der Waals surface area contributed by atoms with Gasteiger partial charge in [0.1, 0.15) is 0 Å². The molecule has 0 aliphatic heterocycles. The molecule has 0 spiro atoms. The van der Waals surface area contributed by atoms with Crippen molar-refractivity contribution in [3.8, 4) is 0 Å². The summed E-state index contributed by atoms with van der Waals surface area (Å²) in [5.74, 6) is -1.52. The van der Waals surface area contributed by atoms with E-state index in [4.69, 9.17) is 10.8 Å². The van der Waals surface area contributed by atoms with E-state index < -0.39 is 23.5 Å². The molecular formula is C14H20N2O3. The zero-order valence-corrected chi connectivity index (χ0v) is 11.2. The van der Waals surface area contributed by atoms with Gasteiger partial charge < -0.3 is 16.2 Å². The Bertz CT molecular complexity index is 443. The van der Waals surface area contributed by atoms with Crippen molar-refractivity contribution in [2.45, 2.75) is 38.3 Å². The molecule has 1 rings (SSSR count). The molecule has 0 radical (unpaired) electrons. The number of nitrogens with two attached hydrogens (primary N) is 1. The van der Waals surface area contributed by atoms with E-state index in [0.29, 0.717) is 6.42 Å². The van der Waals surface area contributed by atoms with Gasteiger partial charge in [0.15, 0.2) is 0 Å². The summed E-state index contributed by atoms with van der Waals surface area (Å²) in [7, 11) is 0. The Kier molecular flexibility index (Phi) is 5.06. The second-order valence-electron chi connectivity index (χ2n) is 5.24. The fraction of sp³-hybridized carbons (Fsp3) is 0.429. The number of nitrogens with one attached hydrogen (secondary N) is 1. The molecule has 1 aromatic carbocycles. The molecule has 0 saturated carbocycles. The van der Waals surface area contributed by atoms with E-state index >= 15 is 0 Å².